The molecule has 2 N–H and O–H groups in total. The number of carbonyl (C=O) groups is 1. The first-order valence-corrected chi connectivity index (χ1v) is 12.2. The summed E-state index contributed by atoms with van der Waals surface area (Å²) >= 11 is 0. The molecule has 0 saturated carbocycles. The largest absolute Gasteiger partial charge is 0.484 e. The molecule has 1 saturated heterocycles. The molecule has 3 aromatic carbocycles. The molecule has 8 heteroatoms. The van der Waals surface area contributed by atoms with Crippen LogP contribution in [0.1, 0.15) is 19.3 Å². The van der Waals surface area contributed by atoms with Crippen molar-refractivity contribution in [3.8, 4) is 17.1 Å². The van der Waals surface area contributed by atoms with Crippen molar-refractivity contribution in [2.75, 3.05) is 25.0 Å². The van der Waals surface area contributed by atoms with E-state index in [0.717, 1.165) is 59.0 Å². The van der Waals surface area contributed by atoms with Gasteiger partial charge in [0.2, 0.25) is 0 Å². The Morgan fingerprint density at radius 1 is 0.972 bits per heavy atom. The molecule has 1 aliphatic heterocycles. The van der Waals surface area contributed by atoms with Gasteiger partial charge >= 0.3 is 0 Å². The second-order valence-electron chi connectivity index (χ2n) is 8.97. The number of para-hydroxylation sites is 1. The molecule has 2 aromatic heterocycles. The van der Waals surface area contributed by atoms with Crippen LogP contribution in [0.2, 0.25) is 0 Å². The van der Waals surface area contributed by atoms with Crippen molar-refractivity contribution in [3.05, 3.63) is 72.9 Å². The number of rotatable bonds is 6. The highest BCUT2D eigenvalue weighted by Gasteiger charge is 2.17. The number of fused-ring (bicyclic) bond motifs is 2. The summed E-state index contributed by atoms with van der Waals surface area (Å²) in [6.07, 6.45) is 5.11. The van der Waals surface area contributed by atoms with Gasteiger partial charge < -0.3 is 15.0 Å². The number of aromatic amines is 1. The van der Waals surface area contributed by atoms with Gasteiger partial charge in [0.25, 0.3) is 5.91 Å². The molecule has 0 bridgehead atoms. The molecule has 0 atom stereocenters. The van der Waals surface area contributed by atoms with Gasteiger partial charge in [-0.1, -0.05) is 24.3 Å². The van der Waals surface area contributed by atoms with Crippen LogP contribution in [0.15, 0.2) is 72.9 Å². The minimum absolute atomic E-state index is 0.0307. The molecule has 180 valence electrons. The summed E-state index contributed by atoms with van der Waals surface area (Å²) in [7, 11) is 0. The van der Waals surface area contributed by atoms with E-state index in [2.05, 4.69) is 15.5 Å². The number of hydrogen-bond acceptors (Lipinski definition) is 6. The molecule has 0 unspecified atom stereocenters. The highest BCUT2D eigenvalue weighted by molar-refractivity contribution is 5.93. The topological polar surface area (TPSA) is 96.0 Å². The quantitative estimate of drug-likeness (QED) is 0.343. The number of nitrogens with zero attached hydrogens (tertiary/aromatic N) is 4. The van der Waals surface area contributed by atoms with E-state index >= 15 is 0 Å². The normalized spacial score (nSPS) is 13.7. The Balaban J connectivity index is 1.28. The molecule has 0 aliphatic carbocycles. The average molecular weight is 479 g/mol. The molecule has 1 fully saturated rings. The van der Waals surface area contributed by atoms with E-state index in [1.165, 1.54) is 6.42 Å². The molecule has 5 aromatic rings. The van der Waals surface area contributed by atoms with Crippen molar-refractivity contribution in [1.82, 2.24) is 25.1 Å². The predicted octanol–water partition coefficient (Wildman–Crippen LogP) is 5.31. The maximum Gasteiger partial charge on any atom is 0.260 e. The molecular formula is C28H26N6O2. The van der Waals surface area contributed by atoms with Gasteiger partial charge in [0.1, 0.15) is 11.6 Å². The second kappa shape index (κ2) is 9.65. The van der Waals surface area contributed by atoms with Gasteiger partial charge in [-0.3, -0.25) is 9.89 Å². The van der Waals surface area contributed by atoms with E-state index in [1.54, 1.807) is 6.20 Å². The number of anilines is 2. The summed E-state index contributed by atoms with van der Waals surface area (Å²) in [4.78, 5) is 24.1. The van der Waals surface area contributed by atoms with Crippen LogP contribution in [0.4, 0.5) is 11.5 Å². The number of ether oxygens (including phenoxy) is 1. The monoisotopic (exact) mass is 478 g/mol. The highest BCUT2D eigenvalue weighted by atomic mass is 16.5. The van der Waals surface area contributed by atoms with Crippen molar-refractivity contribution in [2.24, 2.45) is 0 Å². The summed E-state index contributed by atoms with van der Waals surface area (Å²) in [6.45, 7) is 1.66. The number of amides is 1. The Morgan fingerprint density at radius 3 is 2.78 bits per heavy atom. The van der Waals surface area contributed by atoms with Crippen LogP contribution in [0.25, 0.3) is 33.2 Å². The zero-order valence-electron chi connectivity index (χ0n) is 19.8. The fourth-order valence-electron chi connectivity index (χ4n) is 4.56. The smallest absolute Gasteiger partial charge is 0.260 e. The van der Waals surface area contributed by atoms with Crippen LogP contribution < -0.4 is 10.1 Å². The number of benzene rings is 3. The van der Waals surface area contributed by atoms with Crippen LogP contribution >= 0.6 is 0 Å². The number of likely N-dealkylation sites (tertiary alicyclic amines) is 1. The SMILES string of the molecule is O=C(COc1cccc(-c2nc(Nc3ccc4[nH]ncc4c3)c3ccccc3n2)c1)N1CCCCC1. The van der Waals surface area contributed by atoms with Gasteiger partial charge in [-0.15, -0.1) is 0 Å². The summed E-state index contributed by atoms with van der Waals surface area (Å²) in [5.74, 6) is 1.94. The van der Waals surface area contributed by atoms with E-state index in [-0.39, 0.29) is 12.5 Å². The minimum Gasteiger partial charge on any atom is -0.484 e. The maximum atomic E-state index is 12.5. The number of carbonyl (C=O) groups excluding carboxylic acids is 1. The van der Waals surface area contributed by atoms with Gasteiger partial charge in [0.15, 0.2) is 12.4 Å². The molecule has 1 aliphatic rings. The van der Waals surface area contributed by atoms with E-state index in [9.17, 15) is 4.79 Å². The standard InChI is InChI=1S/C28H26N6O2/c35-26(34-13-4-1-5-14-34)18-36-22-8-6-7-19(16-22)27-31-25-10-3-2-9-23(25)28(32-27)30-21-11-12-24-20(15-21)17-29-33-24/h2-3,6-12,15-17H,1,4-5,13-14,18H2,(H,29,33)(H,30,31,32). The molecule has 1 amide bonds. The van der Waals surface area contributed by atoms with Gasteiger partial charge in [0.05, 0.1) is 17.2 Å². The van der Waals surface area contributed by atoms with Crippen molar-refractivity contribution >= 4 is 39.2 Å². The number of H-pyrrole nitrogens is 1. The number of nitrogens with one attached hydrogen (secondary N) is 2. The van der Waals surface area contributed by atoms with Crippen LogP contribution in [0.5, 0.6) is 5.75 Å². The predicted molar refractivity (Wildman–Crippen MR) is 140 cm³/mol. The lowest BCUT2D eigenvalue weighted by Gasteiger charge is -2.26. The number of piperidine rings is 1. The maximum absolute atomic E-state index is 12.5. The molecule has 0 spiro atoms. The lowest BCUT2D eigenvalue weighted by Crippen LogP contribution is -2.38. The Kier molecular flexibility index (Phi) is 5.91. The van der Waals surface area contributed by atoms with Crippen molar-refractivity contribution in [3.63, 3.8) is 0 Å². The lowest BCUT2D eigenvalue weighted by atomic mass is 10.1. The van der Waals surface area contributed by atoms with Gasteiger partial charge in [0, 0.05) is 35.1 Å². The highest BCUT2D eigenvalue weighted by Crippen LogP contribution is 2.29. The fraction of sp³-hybridized carbons (Fsp3) is 0.214. The summed E-state index contributed by atoms with van der Waals surface area (Å²) in [5, 5.41) is 12.5. The minimum atomic E-state index is 0.0307. The third-order valence-corrected chi connectivity index (χ3v) is 6.47. The first-order valence-electron chi connectivity index (χ1n) is 12.2. The lowest BCUT2D eigenvalue weighted by molar-refractivity contribution is -0.134. The Morgan fingerprint density at radius 2 is 1.86 bits per heavy atom. The van der Waals surface area contributed by atoms with Gasteiger partial charge in [-0.2, -0.15) is 5.10 Å². The summed E-state index contributed by atoms with van der Waals surface area (Å²) in [6, 6.07) is 21.5. The van der Waals surface area contributed by atoms with Crippen LogP contribution in [0.3, 0.4) is 0 Å². The summed E-state index contributed by atoms with van der Waals surface area (Å²) in [5.41, 5.74) is 3.54. The second-order valence-corrected chi connectivity index (χ2v) is 8.97. The van der Waals surface area contributed by atoms with E-state index < -0.39 is 0 Å². The van der Waals surface area contributed by atoms with E-state index in [4.69, 9.17) is 14.7 Å². The average Bonchev–Trinajstić information content (AvgIpc) is 3.40. The zero-order valence-corrected chi connectivity index (χ0v) is 19.8. The van der Waals surface area contributed by atoms with Gasteiger partial charge in [-0.25, -0.2) is 9.97 Å². The molecular weight excluding hydrogens is 452 g/mol. The van der Waals surface area contributed by atoms with E-state index in [1.807, 2.05) is 71.6 Å². The molecule has 6 rings (SSSR count). The zero-order chi connectivity index (χ0) is 24.3. The number of aromatic nitrogens is 4. The van der Waals surface area contributed by atoms with Crippen molar-refractivity contribution in [1.29, 1.82) is 0 Å². The first kappa shape index (κ1) is 22.0. The van der Waals surface area contributed by atoms with Crippen LogP contribution in [0, 0.1) is 0 Å². The Bertz CT molecular complexity index is 1540. The fourth-order valence-corrected chi connectivity index (χ4v) is 4.56. The molecule has 8 nitrogen and oxygen atoms in total. The van der Waals surface area contributed by atoms with Crippen LogP contribution in [-0.2, 0) is 4.79 Å². The summed E-state index contributed by atoms with van der Waals surface area (Å²) < 4.78 is 5.86. The van der Waals surface area contributed by atoms with E-state index in [0.29, 0.717) is 17.4 Å². The van der Waals surface area contributed by atoms with Crippen molar-refractivity contribution in [2.45, 2.75) is 19.3 Å². The first-order chi connectivity index (χ1) is 17.7. The Labute approximate surface area is 208 Å². The number of hydrogen-bond donors (Lipinski definition) is 2. The molecule has 0 radical (unpaired) electrons. The molecule has 36 heavy (non-hydrogen) atoms. The Hall–Kier alpha value is -4.46. The van der Waals surface area contributed by atoms with Crippen LogP contribution in [-0.4, -0.2) is 50.7 Å². The third-order valence-electron chi connectivity index (χ3n) is 6.47. The van der Waals surface area contributed by atoms with Gasteiger partial charge in [-0.05, 0) is 61.7 Å². The van der Waals surface area contributed by atoms with Crippen molar-refractivity contribution < 1.29 is 9.53 Å². The molecule has 3 heterocycles. The third kappa shape index (κ3) is 4.57.